The average Bonchev–Trinajstić information content (AvgIpc) is 2.90. The minimum Gasteiger partial charge on any atom is -0.376 e. The van der Waals surface area contributed by atoms with Crippen LogP contribution in [0.3, 0.4) is 0 Å². The Hall–Kier alpha value is -1.51. The highest BCUT2D eigenvalue weighted by Crippen LogP contribution is 2.29. The van der Waals surface area contributed by atoms with Gasteiger partial charge in [-0.05, 0) is 24.5 Å². The number of carbonyl (C=O) groups is 1. The number of nitrogens with zero attached hydrogens (tertiary/aromatic N) is 1. The number of hydrogen-bond acceptors (Lipinski definition) is 2. The van der Waals surface area contributed by atoms with Gasteiger partial charge in [-0.3, -0.25) is 4.79 Å². The highest BCUT2D eigenvalue weighted by Gasteiger charge is 2.16. The van der Waals surface area contributed by atoms with Gasteiger partial charge < -0.3 is 10.2 Å². The normalized spacial score (nSPS) is 15.5. The fraction of sp³-hybridized carbons (Fsp3) is 0.562. The number of para-hydroxylation sites is 2. The second-order valence-electron chi connectivity index (χ2n) is 5.65. The molecule has 2 rings (SSSR count). The molecule has 0 saturated heterocycles. The molecule has 0 aromatic heterocycles. The molecule has 0 aliphatic heterocycles. The molecule has 19 heavy (non-hydrogen) atoms. The third kappa shape index (κ3) is 3.98. The molecule has 104 valence electrons. The lowest BCUT2D eigenvalue weighted by Crippen LogP contribution is -2.17. The van der Waals surface area contributed by atoms with Crippen LogP contribution >= 0.6 is 0 Å². The fourth-order valence-electron chi connectivity index (χ4n) is 2.82. The zero-order valence-corrected chi connectivity index (χ0v) is 12.0. The predicted octanol–water partition coefficient (Wildman–Crippen LogP) is 3.66. The molecule has 0 unspecified atom stereocenters. The number of benzene rings is 1. The van der Waals surface area contributed by atoms with Crippen LogP contribution < -0.4 is 10.2 Å². The maximum atomic E-state index is 12.0. The van der Waals surface area contributed by atoms with Gasteiger partial charge in [-0.25, -0.2) is 0 Å². The Kier molecular flexibility index (Phi) is 4.83. The topological polar surface area (TPSA) is 32.3 Å². The van der Waals surface area contributed by atoms with Gasteiger partial charge in [0.05, 0.1) is 11.4 Å². The molecular formula is C16H24N2O. The first-order valence-corrected chi connectivity index (χ1v) is 7.23. The molecule has 0 atom stereocenters. The molecule has 0 spiro atoms. The van der Waals surface area contributed by atoms with Gasteiger partial charge >= 0.3 is 0 Å². The van der Waals surface area contributed by atoms with Crippen molar-refractivity contribution in [3.05, 3.63) is 24.3 Å². The first-order valence-electron chi connectivity index (χ1n) is 7.23. The highest BCUT2D eigenvalue weighted by molar-refractivity contribution is 5.94. The van der Waals surface area contributed by atoms with E-state index in [9.17, 15) is 4.79 Å². The van der Waals surface area contributed by atoms with E-state index < -0.39 is 0 Å². The van der Waals surface area contributed by atoms with Gasteiger partial charge in [0.1, 0.15) is 0 Å². The van der Waals surface area contributed by atoms with E-state index in [0.29, 0.717) is 6.42 Å². The quantitative estimate of drug-likeness (QED) is 0.876. The molecule has 3 nitrogen and oxygen atoms in total. The maximum Gasteiger partial charge on any atom is 0.224 e. The van der Waals surface area contributed by atoms with E-state index in [4.69, 9.17) is 0 Å². The maximum absolute atomic E-state index is 12.0. The van der Waals surface area contributed by atoms with E-state index in [0.717, 1.165) is 23.7 Å². The molecule has 3 heteroatoms. The smallest absolute Gasteiger partial charge is 0.224 e. The Labute approximate surface area is 116 Å². The second-order valence-corrected chi connectivity index (χ2v) is 5.65. The Morgan fingerprint density at radius 2 is 1.95 bits per heavy atom. The summed E-state index contributed by atoms with van der Waals surface area (Å²) >= 11 is 0. The number of nitrogens with one attached hydrogen (secondary N) is 1. The fourth-order valence-corrected chi connectivity index (χ4v) is 2.82. The van der Waals surface area contributed by atoms with Gasteiger partial charge in [0.15, 0.2) is 0 Å². The van der Waals surface area contributed by atoms with Gasteiger partial charge in [0.2, 0.25) is 5.91 Å². The molecular weight excluding hydrogens is 236 g/mol. The number of anilines is 2. The van der Waals surface area contributed by atoms with E-state index in [1.54, 1.807) is 0 Å². The van der Waals surface area contributed by atoms with Crippen molar-refractivity contribution < 1.29 is 4.79 Å². The van der Waals surface area contributed by atoms with Crippen LogP contribution in [-0.4, -0.2) is 20.0 Å². The summed E-state index contributed by atoms with van der Waals surface area (Å²) in [4.78, 5) is 14.0. The zero-order chi connectivity index (χ0) is 13.7. The molecule has 1 N–H and O–H groups in total. The van der Waals surface area contributed by atoms with Crippen molar-refractivity contribution in [1.82, 2.24) is 0 Å². The van der Waals surface area contributed by atoms with Crippen LogP contribution in [0.15, 0.2) is 24.3 Å². The summed E-state index contributed by atoms with van der Waals surface area (Å²) in [6.07, 6.45) is 6.98. The molecule has 0 radical (unpaired) electrons. The average molecular weight is 260 g/mol. The van der Waals surface area contributed by atoms with Crippen LogP contribution in [0.4, 0.5) is 11.4 Å². The number of hydrogen-bond donors (Lipinski definition) is 1. The summed E-state index contributed by atoms with van der Waals surface area (Å²) in [5.74, 6) is 0.913. The standard InChI is InChI=1S/C16H24N2O/c1-18(2)15-10-6-5-9-14(15)17-16(19)12-11-13-7-3-4-8-13/h5-6,9-10,13H,3-4,7-8,11-12H2,1-2H3,(H,17,19). The molecule has 1 aliphatic carbocycles. The summed E-state index contributed by atoms with van der Waals surface area (Å²) in [7, 11) is 3.98. The summed E-state index contributed by atoms with van der Waals surface area (Å²) in [6.45, 7) is 0. The molecule has 1 aliphatic rings. The van der Waals surface area contributed by atoms with Gasteiger partial charge in [0.25, 0.3) is 0 Å². The van der Waals surface area contributed by atoms with Crippen LogP contribution in [-0.2, 0) is 4.79 Å². The van der Waals surface area contributed by atoms with Crippen LogP contribution in [0, 0.1) is 5.92 Å². The second kappa shape index (κ2) is 6.60. The van der Waals surface area contributed by atoms with Crippen molar-refractivity contribution in [1.29, 1.82) is 0 Å². The van der Waals surface area contributed by atoms with E-state index in [1.165, 1.54) is 25.7 Å². The highest BCUT2D eigenvalue weighted by atomic mass is 16.1. The minimum absolute atomic E-state index is 0.140. The summed E-state index contributed by atoms with van der Waals surface area (Å²) in [6, 6.07) is 7.93. The van der Waals surface area contributed by atoms with Crippen molar-refractivity contribution in [3.63, 3.8) is 0 Å². The van der Waals surface area contributed by atoms with E-state index in [1.807, 2.05) is 43.3 Å². The SMILES string of the molecule is CN(C)c1ccccc1NC(=O)CCC1CCCC1. The predicted molar refractivity (Wildman–Crippen MR) is 80.6 cm³/mol. The lowest BCUT2D eigenvalue weighted by Gasteiger charge is -2.18. The van der Waals surface area contributed by atoms with Gasteiger partial charge in [-0.2, -0.15) is 0 Å². The third-order valence-corrected chi connectivity index (χ3v) is 3.91. The zero-order valence-electron chi connectivity index (χ0n) is 12.0. The minimum atomic E-state index is 0.140. The first kappa shape index (κ1) is 13.9. The van der Waals surface area contributed by atoms with Crippen LogP contribution in [0.5, 0.6) is 0 Å². The van der Waals surface area contributed by atoms with E-state index in [-0.39, 0.29) is 5.91 Å². The number of rotatable bonds is 5. The number of carbonyl (C=O) groups excluding carboxylic acids is 1. The summed E-state index contributed by atoms with van der Waals surface area (Å²) < 4.78 is 0. The van der Waals surface area contributed by atoms with Crippen LogP contribution in [0.25, 0.3) is 0 Å². The summed E-state index contributed by atoms with van der Waals surface area (Å²) in [5, 5.41) is 3.04. The first-order chi connectivity index (χ1) is 9.16. The molecule has 0 heterocycles. The Morgan fingerprint density at radius 3 is 2.63 bits per heavy atom. The van der Waals surface area contributed by atoms with E-state index >= 15 is 0 Å². The van der Waals surface area contributed by atoms with E-state index in [2.05, 4.69) is 5.32 Å². The third-order valence-electron chi connectivity index (χ3n) is 3.91. The monoisotopic (exact) mass is 260 g/mol. The molecule has 1 amide bonds. The van der Waals surface area contributed by atoms with Crippen LogP contribution in [0.1, 0.15) is 38.5 Å². The molecule has 0 bridgehead atoms. The van der Waals surface area contributed by atoms with Crippen molar-refractivity contribution in [2.45, 2.75) is 38.5 Å². The van der Waals surface area contributed by atoms with Crippen molar-refractivity contribution in [3.8, 4) is 0 Å². The van der Waals surface area contributed by atoms with Crippen molar-refractivity contribution >= 4 is 17.3 Å². The van der Waals surface area contributed by atoms with Crippen LogP contribution in [0.2, 0.25) is 0 Å². The molecule has 1 fully saturated rings. The van der Waals surface area contributed by atoms with Gasteiger partial charge in [-0.1, -0.05) is 37.8 Å². The Balaban J connectivity index is 1.87. The Morgan fingerprint density at radius 1 is 1.26 bits per heavy atom. The van der Waals surface area contributed by atoms with Gasteiger partial charge in [0, 0.05) is 20.5 Å². The van der Waals surface area contributed by atoms with Crippen molar-refractivity contribution in [2.75, 3.05) is 24.3 Å². The lowest BCUT2D eigenvalue weighted by atomic mass is 10.0. The Bertz CT molecular complexity index is 423. The molecule has 1 saturated carbocycles. The van der Waals surface area contributed by atoms with Gasteiger partial charge in [-0.15, -0.1) is 0 Å². The lowest BCUT2D eigenvalue weighted by molar-refractivity contribution is -0.116. The molecule has 1 aromatic rings. The molecule has 1 aromatic carbocycles. The summed E-state index contributed by atoms with van der Waals surface area (Å²) in [5.41, 5.74) is 1.96. The van der Waals surface area contributed by atoms with Crippen molar-refractivity contribution in [2.24, 2.45) is 5.92 Å². The number of amides is 1. The largest absolute Gasteiger partial charge is 0.376 e.